The van der Waals surface area contributed by atoms with Gasteiger partial charge in [0.2, 0.25) is 0 Å². The van der Waals surface area contributed by atoms with Crippen LogP contribution in [0.1, 0.15) is 6.42 Å². The highest BCUT2D eigenvalue weighted by molar-refractivity contribution is 5.74. The molecule has 0 aromatic rings. The maximum absolute atomic E-state index is 10.9. The molecule has 14 heavy (non-hydrogen) atoms. The van der Waals surface area contributed by atoms with E-state index in [-0.39, 0.29) is 6.42 Å². The van der Waals surface area contributed by atoms with Crippen LogP contribution in [0, 0.1) is 0 Å². The first-order chi connectivity index (χ1) is 6.75. The Balaban J connectivity index is 2.55. The van der Waals surface area contributed by atoms with Crippen molar-refractivity contribution < 1.29 is 19.4 Å². The molecule has 0 aromatic carbocycles. The Kier molecular flexibility index (Phi) is 4.32. The summed E-state index contributed by atoms with van der Waals surface area (Å²) in [6, 6.07) is -0.625. The maximum Gasteiger partial charge on any atom is 0.321 e. The highest BCUT2D eigenvalue weighted by Crippen LogP contribution is 2.08. The average molecular weight is 199 g/mol. The summed E-state index contributed by atoms with van der Waals surface area (Å²) in [6.45, 7) is 2.30. The van der Waals surface area contributed by atoms with Crippen LogP contribution >= 0.6 is 0 Å². The fourth-order valence-corrected chi connectivity index (χ4v) is 1.45. The number of rotatable bonds is 4. The van der Waals surface area contributed by atoms with Crippen LogP contribution in [-0.4, -0.2) is 54.3 Å². The number of hydrogen-bond acceptors (Lipinski definition) is 4. The molecule has 1 rings (SSSR count). The molecule has 1 saturated heterocycles. The highest BCUT2D eigenvalue weighted by Gasteiger charge is 2.25. The summed E-state index contributed by atoms with van der Waals surface area (Å²) >= 11 is 0. The van der Waals surface area contributed by atoms with E-state index in [0.29, 0.717) is 26.3 Å². The van der Waals surface area contributed by atoms with Gasteiger partial charge >= 0.3 is 5.97 Å². The number of carboxylic acid groups (broad SMARTS) is 1. The zero-order valence-corrected chi connectivity index (χ0v) is 7.81. The van der Waals surface area contributed by atoms with Crippen molar-refractivity contribution in [3.8, 4) is 0 Å². The lowest BCUT2D eigenvalue weighted by Gasteiger charge is -2.31. The van der Waals surface area contributed by atoms with E-state index in [9.17, 15) is 9.59 Å². The van der Waals surface area contributed by atoms with Crippen molar-refractivity contribution in [1.82, 2.24) is 4.90 Å². The van der Waals surface area contributed by atoms with E-state index in [2.05, 4.69) is 0 Å². The Morgan fingerprint density at radius 3 is 2.71 bits per heavy atom. The van der Waals surface area contributed by atoms with E-state index in [4.69, 9.17) is 9.84 Å². The van der Waals surface area contributed by atoms with Gasteiger partial charge in [-0.1, -0.05) is 0 Å². The first-order valence-electron chi connectivity index (χ1n) is 4.49. The Labute approximate surface area is 82.0 Å². The third-order valence-electron chi connectivity index (χ3n) is 2.20. The third kappa shape index (κ3) is 2.96. The summed E-state index contributed by atoms with van der Waals surface area (Å²) in [4.78, 5) is 22.7. The van der Waals surface area contributed by atoms with Crippen molar-refractivity contribution in [1.29, 1.82) is 0 Å². The van der Waals surface area contributed by atoms with Gasteiger partial charge in [0.25, 0.3) is 0 Å². The Hall–Kier alpha value is -1.16. The van der Waals surface area contributed by atoms with Crippen LogP contribution in [0.5, 0.6) is 0 Å². The number of aliphatic carboxylic acids is 1. The molecule has 1 heterocycles. The lowest BCUT2D eigenvalue weighted by molar-refractivity contribution is -0.144. The zero-order chi connectivity index (χ0) is 10.4. The number of ether oxygens (including phenoxy) is 1. The summed E-state index contributed by atoms with van der Waals surface area (Å²) in [5.41, 5.74) is 0. The quantitative estimate of drug-likeness (QED) is 0.621. The van der Waals surface area contributed by atoms with Crippen LogP contribution in [0.3, 0.4) is 0 Å². The van der Waals surface area contributed by atoms with Gasteiger partial charge < -0.3 is 9.84 Å². The molecule has 1 aliphatic heterocycles. The fourth-order valence-electron chi connectivity index (χ4n) is 1.45. The Bertz CT molecular complexity index is 241. The van der Waals surface area contributed by atoms with E-state index in [1.807, 2.05) is 0 Å². The van der Waals surface area contributed by atoms with Crippen molar-refractivity contribution in [2.24, 2.45) is 0 Å². The van der Waals surface area contributed by atoms with Crippen LogP contribution < -0.4 is 0 Å². The van der Waals surface area contributed by atoms with Crippen LogP contribution in [0.25, 0.3) is 0 Å². The number of carboxylic acids is 1. The minimum Gasteiger partial charge on any atom is -0.480 e. The number of carbonyl (C=O) groups excluding carboxylic acids is 1. The van der Waals surface area contributed by atoms with Crippen molar-refractivity contribution in [3.63, 3.8) is 0 Å². The molecule has 1 N–H and O–H groups in total. The molecule has 0 bridgehead atoms. The van der Waals surface area contributed by atoms with Crippen molar-refractivity contribution in [3.05, 3.63) is 6.08 Å². The second-order valence-corrected chi connectivity index (χ2v) is 3.06. The summed E-state index contributed by atoms with van der Waals surface area (Å²) in [7, 11) is 0. The van der Waals surface area contributed by atoms with Gasteiger partial charge in [0.1, 0.15) is 12.0 Å². The minimum atomic E-state index is -0.904. The van der Waals surface area contributed by atoms with Gasteiger partial charge in [-0.2, -0.15) is 0 Å². The molecule has 5 heteroatoms. The molecule has 1 unspecified atom stereocenters. The maximum atomic E-state index is 10.9. The smallest absolute Gasteiger partial charge is 0.321 e. The second kappa shape index (κ2) is 5.54. The fraction of sp³-hybridized carbons (Fsp3) is 0.667. The molecule has 1 atom stereocenters. The van der Waals surface area contributed by atoms with Crippen LogP contribution in [0.4, 0.5) is 0 Å². The Morgan fingerprint density at radius 2 is 2.21 bits per heavy atom. The average Bonchev–Trinajstić information content (AvgIpc) is 2.19. The summed E-state index contributed by atoms with van der Waals surface area (Å²) in [5, 5.41) is 8.92. The summed E-state index contributed by atoms with van der Waals surface area (Å²) in [5.74, 6) is 0.692. The van der Waals surface area contributed by atoms with Gasteiger partial charge in [0.05, 0.1) is 13.2 Å². The molecule has 0 aromatic heterocycles. The standard InChI is InChI=1S/C9H13NO4/c11-5-1-2-8(9(12)13)10-3-6-14-7-4-10/h1,8H,2-4,6-7H2,(H,12,13). The van der Waals surface area contributed by atoms with Crippen molar-refractivity contribution >= 4 is 11.9 Å². The predicted molar refractivity (Wildman–Crippen MR) is 48.7 cm³/mol. The zero-order valence-electron chi connectivity index (χ0n) is 7.81. The van der Waals surface area contributed by atoms with Gasteiger partial charge in [0, 0.05) is 25.6 Å². The van der Waals surface area contributed by atoms with E-state index >= 15 is 0 Å². The summed E-state index contributed by atoms with van der Waals surface area (Å²) < 4.78 is 5.11. The Morgan fingerprint density at radius 1 is 1.57 bits per heavy atom. The minimum absolute atomic E-state index is 0.207. The monoisotopic (exact) mass is 199 g/mol. The van der Waals surface area contributed by atoms with Crippen molar-refractivity contribution in [2.45, 2.75) is 12.5 Å². The van der Waals surface area contributed by atoms with E-state index in [1.54, 1.807) is 10.8 Å². The topological polar surface area (TPSA) is 66.8 Å². The van der Waals surface area contributed by atoms with Crippen LogP contribution in [0.15, 0.2) is 6.08 Å². The van der Waals surface area contributed by atoms with Gasteiger partial charge in [-0.3, -0.25) is 9.69 Å². The molecular formula is C9H13NO4. The lowest BCUT2D eigenvalue weighted by atomic mass is 10.1. The van der Waals surface area contributed by atoms with E-state index < -0.39 is 12.0 Å². The molecule has 0 amide bonds. The highest BCUT2D eigenvalue weighted by atomic mass is 16.5. The number of nitrogens with zero attached hydrogens (tertiary/aromatic N) is 1. The number of hydrogen-bond donors (Lipinski definition) is 1. The lowest BCUT2D eigenvalue weighted by Crippen LogP contribution is -2.47. The van der Waals surface area contributed by atoms with Gasteiger partial charge in [-0.15, -0.1) is 0 Å². The van der Waals surface area contributed by atoms with Crippen LogP contribution in [-0.2, 0) is 14.3 Å². The third-order valence-corrected chi connectivity index (χ3v) is 2.20. The van der Waals surface area contributed by atoms with E-state index in [0.717, 1.165) is 0 Å². The van der Waals surface area contributed by atoms with Crippen molar-refractivity contribution in [2.75, 3.05) is 26.3 Å². The van der Waals surface area contributed by atoms with Crippen LogP contribution in [0.2, 0.25) is 0 Å². The molecule has 0 saturated carbocycles. The molecule has 0 radical (unpaired) electrons. The normalized spacial score (nSPS) is 19.7. The second-order valence-electron chi connectivity index (χ2n) is 3.06. The molecule has 1 aliphatic rings. The molecule has 5 nitrogen and oxygen atoms in total. The predicted octanol–water partition coefficient (Wildman–Crippen LogP) is -0.450. The van der Waals surface area contributed by atoms with Gasteiger partial charge in [-0.05, 0) is 0 Å². The molecule has 78 valence electrons. The first-order valence-corrected chi connectivity index (χ1v) is 4.49. The molecule has 1 fully saturated rings. The number of morpholine rings is 1. The number of carbonyl (C=O) groups is 1. The molecular weight excluding hydrogens is 186 g/mol. The van der Waals surface area contributed by atoms with Gasteiger partial charge in [0.15, 0.2) is 0 Å². The largest absolute Gasteiger partial charge is 0.480 e. The summed E-state index contributed by atoms with van der Waals surface area (Å²) in [6.07, 6.45) is 1.42. The van der Waals surface area contributed by atoms with Gasteiger partial charge in [-0.25, -0.2) is 4.79 Å². The molecule has 0 spiro atoms. The van der Waals surface area contributed by atoms with E-state index in [1.165, 1.54) is 6.08 Å². The molecule has 0 aliphatic carbocycles. The SMILES string of the molecule is O=C=CCC(C(=O)O)N1CCOCC1. The first kappa shape index (κ1) is 10.9.